The molecule has 0 radical (unpaired) electrons. The Morgan fingerprint density at radius 2 is 1.86 bits per heavy atom. The fraction of sp³-hybridized carbons (Fsp3) is 0.312. The summed E-state index contributed by atoms with van der Waals surface area (Å²) in [5.74, 6) is 0. The smallest absolute Gasteiger partial charge is 0.310 e. The van der Waals surface area contributed by atoms with Gasteiger partial charge < -0.3 is 4.57 Å². The van der Waals surface area contributed by atoms with Crippen molar-refractivity contribution in [3.63, 3.8) is 0 Å². The quantitative estimate of drug-likeness (QED) is 0.608. The van der Waals surface area contributed by atoms with E-state index in [1.807, 2.05) is 0 Å². The summed E-state index contributed by atoms with van der Waals surface area (Å²) in [6.45, 7) is -0.734. The monoisotopic (exact) mass is 419 g/mol. The van der Waals surface area contributed by atoms with Crippen LogP contribution in [0.4, 0.5) is 18.9 Å². The highest BCUT2D eigenvalue weighted by molar-refractivity contribution is 8.12. The van der Waals surface area contributed by atoms with Crippen molar-refractivity contribution >= 4 is 15.2 Å². The summed E-state index contributed by atoms with van der Waals surface area (Å²) in [4.78, 5) is 22.0. The molecule has 0 saturated heterocycles. The third-order valence-corrected chi connectivity index (χ3v) is 7.52. The normalized spacial score (nSPS) is 16.8. The van der Waals surface area contributed by atoms with E-state index in [1.54, 1.807) is 0 Å². The molecule has 1 aromatic heterocycles. The van der Waals surface area contributed by atoms with Gasteiger partial charge >= 0.3 is 6.18 Å². The predicted octanol–water partition coefficient (Wildman–Crippen LogP) is 2.49. The summed E-state index contributed by atoms with van der Waals surface area (Å²) in [6.07, 6.45) is -3.83. The maximum Gasteiger partial charge on any atom is 0.416 e. The van der Waals surface area contributed by atoms with Crippen molar-refractivity contribution in [2.45, 2.75) is 24.2 Å². The first-order valence-corrected chi connectivity index (χ1v) is 10.3. The molecule has 1 aliphatic rings. The van der Waals surface area contributed by atoms with Gasteiger partial charge in [0.15, 0.2) is 0 Å². The Balaban J connectivity index is 2.10. The second-order valence-electron chi connectivity index (χ2n) is 6.54. The number of hydrogen-bond acceptors (Lipinski definition) is 4. The molecule has 2 heterocycles. The van der Waals surface area contributed by atoms with Crippen LogP contribution in [0.3, 0.4) is 0 Å². The van der Waals surface area contributed by atoms with Gasteiger partial charge in [-0.05, 0) is 12.1 Å². The van der Waals surface area contributed by atoms with Gasteiger partial charge in [-0.2, -0.15) is 21.7 Å². The van der Waals surface area contributed by atoms with Crippen LogP contribution in [0.5, 0.6) is 0 Å². The Morgan fingerprint density at radius 1 is 1.21 bits per heavy atom. The molecular formula is C16H16F3N3O5S. The predicted molar refractivity (Wildman–Crippen MR) is 94.2 cm³/mol. The molecule has 28 heavy (non-hydrogen) atoms. The third-order valence-electron chi connectivity index (χ3n) is 4.63. The minimum Gasteiger partial charge on any atom is -0.310 e. The fourth-order valence-electron chi connectivity index (χ4n) is 3.18. The van der Waals surface area contributed by atoms with Crippen molar-refractivity contribution < 1.29 is 26.9 Å². The second-order valence-corrected chi connectivity index (χ2v) is 9.97. The van der Waals surface area contributed by atoms with Crippen molar-refractivity contribution in [3.8, 4) is 0 Å². The molecule has 2 aromatic rings. The van der Waals surface area contributed by atoms with Gasteiger partial charge in [-0.15, -0.1) is 9.53 Å². The van der Waals surface area contributed by atoms with Crippen LogP contribution in [-0.2, 0) is 28.8 Å². The lowest BCUT2D eigenvalue weighted by Gasteiger charge is -2.49. The zero-order valence-electron chi connectivity index (χ0n) is 14.5. The van der Waals surface area contributed by atoms with Crippen LogP contribution in [-0.4, -0.2) is 35.4 Å². The summed E-state index contributed by atoms with van der Waals surface area (Å²) in [5.41, 5.74) is -2.70. The Labute approximate surface area is 156 Å². The molecular weight excluding hydrogens is 403 g/mol. The molecule has 3 rings (SSSR count). The summed E-state index contributed by atoms with van der Waals surface area (Å²) in [6, 6.07) is 6.13. The van der Waals surface area contributed by atoms with E-state index in [0.717, 1.165) is 33.3 Å². The lowest BCUT2D eigenvalue weighted by Crippen LogP contribution is -2.53. The highest BCUT2D eigenvalue weighted by Crippen LogP contribution is 2.41. The van der Waals surface area contributed by atoms with Gasteiger partial charge in [-0.3, -0.25) is 19.5 Å². The van der Waals surface area contributed by atoms with Crippen LogP contribution in [0.15, 0.2) is 46.1 Å². The van der Waals surface area contributed by atoms with Crippen LogP contribution < -0.4 is 5.56 Å². The number of aromatic nitrogens is 1. The molecule has 8 nitrogen and oxygen atoms in total. The van der Waals surface area contributed by atoms with Gasteiger partial charge in [-0.25, -0.2) is 0 Å². The number of benzene rings is 1. The molecule has 0 aliphatic carbocycles. The van der Waals surface area contributed by atoms with Crippen LogP contribution in [0.1, 0.15) is 11.3 Å². The average Bonchev–Trinajstić information content (AvgIpc) is 2.60. The van der Waals surface area contributed by atoms with E-state index in [0.29, 0.717) is 6.07 Å². The molecule has 0 bridgehead atoms. The number of nitro groups is 1. The highest BCUT2D eigenvalue weighted by Gasteiger charge is 2.40. The van der Waals surface area contributed by atoms with E-state index in [9.17, 15) is 36.8 Å². The molecule has 0 unspecified atom stereocenters. The first-order chi connectivity index (χ1) is 12.8. The van der Waals surface area contributed by atoms with E-state index in [2.05, 4.69) is 0 Å². The number of nitro benzene ring substituents is 1. The first kappa shape index (κ1) is 20.2. The average molecular weight is 419 g/mol. The fourth-order valence-corrected chi connectivity index (χ4v) is 5.43. The Morgan fingerprint density at radius 3 is 2.46 bits per heavy atom. The topological polar surface area (TPSA) is 106 Å². The van der Waals surface area contributed by atoms with Crippen LogP contribution >= 0.6 is 0 Å². The lowest BCUT2D eigenvalue weighted by molar-refractivity contribution is -0.388. The van der Waals surface area contributed by atoms with E-state index < -0.39 is 48.9 Å². The van der Waals surface area contributed by atoms with Crippen molar-refractivity contribution in [1.29, 1.82) is 0 Å². The van der Waals surface area contributed by atoms with Crippen LogP contribution in [0.2, 0.25) is 0 Å². The number of fused-ring (bicyclic) bond motifs is 1. The molecule has 152 valence electrons. The summed E-state index contributed by atoms with van der Waals surface area (Å²) < 4.78 is 65.6. The molecule has 12 heteroatoms. The summed E-state index contributed by atoms with van der Waals surface area (Å²) >= 11 is 0. The summed E-state index contributed by atoms with van der Waals surface area (Å²) in [5, 5.41) is 11.3. The Bertz CT molecular complexity index is 1090. The van der Waals surface area contributed by atoms with Gasteiger partial charge in [0, 0.05) is 37.2 Å². The minimum absolute atomic E-state index is 0.0978. The van der Waals surface area contributed by atoms with Gasteiger partial charge in [-0.1, -0.05) is 12.1 Å². The molecule has 1 aromatic carbocycles. The molecule has 1 aliphatic heterocycles. The maximum atomic E-state index is 13.5. The molecule has 0 atom stereocenters. The SMILES string of the molecule is CS(=O)(O)(c1ccccc1[N+](=O)[O-])N1CCn2c(cc(C(F)(F)F)cc2=O)C1. The van der Waals surface area contributed by atoms with Crippen LogP contribution in [0, 0.1) is 10.1 Å². The van der Waals surface area contributed by atoms with Gasteiger partial charge in [0.2, 0.25) is 0 Å². The molecule has 0 saturated carbocycles. The highest BCUT2D eigenvalue weighted by atomic mass is 32.3. The van der Waals surface area contributed by atoms with Gasteiger partial charge in [0.05, 0.1) is 17.0 Å². The van der Waals surface area contributed by atoms with Crippen molar-refractivity contribution in [3.05, 3.63) is 68.1 Å². The number of nitrogens with zero attached hydrogens (tertiary/aromatic N) is 3. The molecule has 1 N–H and O–H groups in total. The van der Waals surface area contributed by atoms with Crippen molar-refractivity contribution in [1.82, 2.24) is 8.87 Å². The van der Waals surface area contributed by atoms with E-state index >= 15 is 0 Å². The zero-order valence-corrected chi connectivity index (χ0v) is 15.4. The van der Waals surface area contributed by atoms with Crippen molar-refractivity contribution in [2.75, 3.05) is 12.8 Å². The van der Waals surface area contributed by atoms with Crippen molar-refractivity contribution in [2.24, 2.45) is 0 Å². The third kappa shape index (κ3) is 3.34. The standard InChI is InChI=1S/C16H16F3N3O5S/c1-28(26,27,14-5-3-2-4-13(14)22(24)25)20-6-7-21-12(10-20)8-11(9-15(21)23)16(17,18)19/h2-5,8-9H,6-7,10H2,1H3,(H,26,27). The number of halogens is 3. The summed E-state index contributed by atoms with van der Waals surface area (Å²) in [7, 11) is -4.99. The van der Waals surface area contributed by atoms with E-state index in [-0.39, 0.29) is 18.8 Å². The zero-order chi connectivity index (χ0) is 20.9. The molecule has 0 amide bonds. The maximum absolute atomic E-state index is 13.5. The number of hydrogen-bond donors (Lipinski definition) is 1. The lowest BCUT2D eigenvalue weighted by atomic mass is 10.2. The van der Waals surface area contributed by atoms with E-state index in [1.165, 1.54) is 12.1 Å². The number of pyridine rings is 1. The molecule has 0 fully saturated rings. The minimum atomic E-state index is -4.99. The van der Waals surface area contributed by atoms with E-state index in [4.69, 9.17) is 0 Å². The van der Waals surface area contributed by atoms with Crippen LogP contribution in [0.25, 0.3) is 0 Å². The van der Waals surface area contributed by atoms with Gasteiger partial charge in [0.1, 0.15) is 4.90 Å². The number of para-hydroxylation sites is 1. The Hall–Kier alpha value is -2.57. The number of rotatable bonds is 3. The van der Waals surface area contributed by atoms with Gasteiger partial charge in [0.25, 0.3) is 11.2 Å². The number of alkyl halides is 3. The second kappa shape index (κ2) is 6.22. The Kier molecular flexibility index (Phi) is 4.48. The first-order valence-electron chi connectivity index (χ1n) is 7.99. The largest absolute Gasteiger partial charge is 0.416 e. The molecule has 0 spiro atoms.